The summed E-state index contributed by atoms with van der Waals surface area (Å²) in [5.41, 5.74) is 0.435. The Bertz CT molecular complexity index is 1200. The van der Waals surface area contributed by atoms with E-state index in [1.165, 1.54) is 31.7 Å². The first-order valence-electron chi connectivity index (χ1n) is 9.64. The van der Waals surface area contributed by atoms with Crippen molar-refractivity contribution in [3.8, 4) is 11.6 Å². The van der Waals surface area contributed by atoms with E-state index >= 15 is 0 Å². The monoisotopic (exact) mass is 441 g/mol. The predicted molar refractivity (Wildman–Crippen MR) is 113 cm³/mol. The molecule has 32 heavy (non-hydrogen) atoms. The van der Waals surface area contributed by atoms with Crippen LogP contribution >= 0.6 is 0 Å². The van der Waals surface area contributed by atoms with Crippen molar-refractivity contribution in [1.29, 1.82) is 0 Å². The van der Waals surface area contributed by atoms with Gasteiger partial charge in [-0.25, -0.2) is 9.67 Å². The summed E-state index contributed by atoms with van der Waals surface area (Å²) < 4.78 is 46.7. The van der Waals surface area contributed by atoms with Crippen LogP contribution in [0.25, 0.3) is 11.4 Å². The molecule has 3 aromatic rings. The number of nitrogens with zero attached hydrogens (tertiary/aromatic N) is 4. The number of pyridine rings is 1. The van der Waals surface area contributed by atoms with Gasteiger partial charge >= 0.3 is 6.18 Å². The highest BCUT2D eigenvalue weighted by molar-refractivity contribution is 6.09. The van der Waals surface area contributed by atoms with Crippen LogP contribution in [0, 0.1) is 0 Å². The Morgan fingerprint density at radius 3 is 2.69 bits per heavy atom. The number of aromatic nitrogens is 3. The molecule has 1 aliphatic heterocycles. The summed E-state index contributed by atoms with van der Waals surface area (Å²) in [6.45, 7) is 0.598. The molecule has 1 aromatic carbocycles. The topological polar surface area (TPSA) is 81.4 Å². The van der Waals surface area contributed by atoms with Crippen LogP contribution in [0.2, 0.25) is 0 Å². The Labute approximate surface area is 181 Å². The standard InChI is InChI=1S/C22H18F3N5O2/c1-32-17-6-2-4-14(10-17)21(31)28-16-7-8-20(27-13-16)30-19(22(23,24)25)11-18(29-30)15-5-3-9-26-12-15/h2,4-8,10-13H,3,9H2,1H3,(H,28,31). The van der Waals surface area contributed by atoms with Crippen molar-refractivity contribution in [3.63, 3.8) is 0 Å². The smallest absolute Gasteiger partial charge is 0.433 e. The summed E-state index contributed by atoms with van der Waals surface area (Å²) in [5, 5.41) is 6.76. The number of alkyl halides is 3. The molecule has 2 aromatic heterocycles. The zero-order valence-electron chi connectivity index (χ0n) is 16.9. The first-order chi connectivity index (χ1) is 15.3. The van der Waals surface area contributed by atoms with Crippen LogP contribution in [-0.2, 0) is 6.18 Å². The number of hydrogen-bond donors (Lipinski definition) is 1. The molecule has 0 fully saturated rings. The fraction of sp³-hybridized carbons (Fsp3) is 0.182. The van der Waals surface area contributed by atoms with Gasteiger partial charge in [0.05, 0.1) is 24.7 Å². The average molecular weight is 441 g/mol. The van der Waals surface area contributed by atoms with Gasteiger partial charge in [-0.1, -0.05) is 12.1 Å². The molecule has 3 heterocycles. The van der Waals surface area contributed by atoms with E-state index in [0.29, 0.717) is 35.5 Å². The van der Waals surface area contributed by atoms with Crippen LogP contribution in [0.1, 0.15) is 28.2 Å². The molecule has 1 N–H and O–H groups in total. The number of nitrogens with one attached hydrogen (secondary N) is 1. The van der Waals surface area contributed by atoms with E-state index in [9.17, 15) is 18.0 Å². The molecule has 0 atom stereocenters. The third kappa shape index (κ3) is 4.53. The van der Waals surface area contributed by atoms with Crippen LogP contribution in [0.5, 0.6) is 5.75 Å². The van der Waals surface area contributed by atoms with Crippen molar-refractivity contribution in [1.82, 2.24) is 14.8 Å². The van der Waals surface area contributed by atoms with E-state index in [2.05, 4.69) is 20.4 Å². The second kappa shape index (κ2) is 8.66. The highest BCUT2D eigenvalue weighted by atomic mass is 19.4. The summed E-state index contributed by atoms with van der Waals surface area (Å²) in [5.74, 6) is 0.0917. The fourth-order valence-corrected chi connectivity index (χ4v) is 3.13. The third-order valence-corrected chi connectivity index (χ3v) is 4.70. The van der Waals surface area contributed by atoms with Crippen LogP contribution in [0.4, 0.5) is 18.9 Å². The molecule has 0 saturated heterocycles. The van der Waals surface area contributed by atoms with Gasteiger partial charge in [0.25, 0.3) is 5.91 Å². The molecule has 164 valence electrons. The Morgan fingerprint density at radius 2 is 2.03 bits per heavy atom. The number of hydrogen-bond acceptors (Lipinski definition) is 5. The minimum Gasteiger partial charge on any atom is -0.497 e. The number of halogens is 3. The first-order valence-corrected chi connectivity index (χ1v) is 9.64. The molecule has 4 rings (SSSR count). The minimum absolute atomic E-state index is 0.0312. The molecule has 10 heteroatoms. The summed E-state index contributed by atoms with van der Waals surface area (Å²) in [6.07, 6.45) is 0.597. The second-order valence-corrected chi connectivity index (χ2v) is 6.90. The van der Waals surface area contributed by atoms with E-state index in [4.69, 9.17) is 4.74 Å². The van der Waals surface area contributed by atoms with E-state index < -0.39 is 17.8 Å². The number of dihydropyridines is 1. The maximum atomic E-state index is 13.6. The molecule has 0 unspecified atom stereocenters. The van der Waals surface area contributed by atoms with Gasteiger partial charge in [0, 0.05) is 23.9 Å². The van der Waals surface area contributed by atoms with Gasteiger partial charge in [0.1, 0.15) is 5.75 Å². The zero-order chi connectivity index (χ0) is 22.7. The highest BCUT2D eigenvalue weighted by Gasteiger charge is 2.37. The van der Waals surface area contributed by atoms with Crippen molar-refractivity contribution >= 4 is 23.4 Å². The van der Waals surface area contributed by atoms with E-state index in [0.717, 1.165) is 10.7 Å². The first kappa shape index (κ1) is 21.3. The number of allylic oxidation sites excluding steroid dienone is 1. The van der Waals surface area contributed by atoms with Gasteiger partial charge in [0.15, 0.2) is 11.5 Å². The number of methoxy groups -OCH3 is 1. The van der Waals surface area contributed by atoms with Crippen molar-refractivity contribution < 1.29 is 22.7 Å². The maximum Gasteiger partial charge on any atom is 0.433 e. The highest BCUT2D eigenvalue weighted by Crippen LogP contribution is 2.33. The zero-order valence-corrected chi connectivity index (χ0v) is 16.9. The summed E-state index contributed by atoms with van der Waals surface area (Å²) in [7, 11) is 1.49. The van der Waals surface area contributed by atoms with Crippen molar-refractivity contribution in [2.75, 3.05) is 19.0 Å². The Morgan fingerprint density at radius 1 is 1.19 bits per heavy atom. The number of carbonyl (C=O) groups is 1. The summed E-state index contributed by atoms with van der Waals surface area (Å²) in [4.78, 5) is 20.6. The van der Waals surface area contributed by atoms with E-state index in [1.54, 1.807) is 30.3 Å². The van der Waals surface area contributed by atoms with Crippen LogP contribution in [0.15, 0.2) is 59.7 Å². The second-order valence-electron chi connectivity index (χ2n) is 6.90. The molecular weight excluding hydrogens is 423 g/mol. The molecule has 1 aliphatic rings. The van der Waals surface area contributed by atoms with Gasteiger partial charge in [-0.3, -0.25) is 9.79 Å². The fourth-order valence-electron chi connectivity index (χ4n) is 3.13. The number of ether oxygens (including phenoxy) is 1. The van der Waals surface area contributed by atoms with E-state index in [1.807, 2.05) is 0 Å². The SMILES string of the molecule is COc1cccc(C(=O)Nc2ccc(-n3nc(C4=CCCN=C4)cc3C(F)(F)F)nc2)c1. The largest absolute Gasteiger partial charge is 0.497 e. The lowest BCUT2D eigenvalue weighted by molar-refractivity contribution is -0.142. The maximum absolute atomic E-state index is 13.6. The summed E-state index contributed by atoms with van der Waals surface area (Å²) >= 11 is 0. The van der Waals surface area contributed by atoms with Gasteiger partial charge in [-0.2, -0.15) is 18.3 Å². The Balaban J connectivity index is 1.59. The Hall–Kier alpha value is -3.95. The quantitative estimate of drug-likeness (QED) is 0.636. The van der Waals surface area contributed by atoms with Crippen LogP contribution in [-0.4, -0.2) is 40.5 Å². The molecule has 0 radical (unpaired) electrons. The number of amides is 1. The molecular formula is C22H18F3N5O2. The predicted octanol–water partition coefficient (Wildman–Crippen LogP) is 4.40. The lowest BCUT2D eigenvalue weighted by Crippen LogP contribution is -2.15. The normalized spacial score (nSPS) is 13.6. The Kier molecular flexibility index (Phi) is 5.76. The molecule has 0 bridgehead atoms. The number of anilines is 1. The number of benzene rings is 1. The van der Waals surface area contributed by atoms with Crippen LogP contribution in [0.3, 0.4) is 0 Å². The molecule has 7 nitrogen and oxygen atoms in total. The number of carbonyl (C=O) groups excluding carboxylic acids is 1. The summed E-state index contributed by atoms with van der Waals surface area (Å²) in [6, 6.07) is 10.4. The molecule has 1 amide bonds. The van der Waals surface area contributed by atoms with E-state index in [-0.39, 0.29) is 11.5 Å². The third-order valence-electron chi connectivity index (χ3n) is 4.70. The van der Waals surface area contributed by atoms with Crippen LogP contribution < -0.4 is 10.1 Å². The number of rotatable bonds is 5. The van der Waals surface area contributed by atoms with Gasteiger partial charge in [-0.15, -0.1) is 0 Å². The minimum atomic E-state index is -4.63. The van der Waals surface area contributed by atoms with Crippen molar-refractivity contribution in [2.45, 2.75) is 12.6 Å². The lowest BCUT2D eigenvalue weighted by Gasteiger charge is -2.10. The number of aliphatic imine (C=N–C) groups is 1. The molecule has 0 saturated carbocycles. The van der Waals surface area contributed by atoms with Gasteiger partial charge < -0.3 is 10.1 Å². The molecule has 0 spiro atoms. The van der Waals surface area contributed by atoms with Gasteiger partial charge in [-0.05, 0) is 42.8 Å². The van der Waals surface area contributed by atoms with Crippen molar-refractivity contribution in [3.05, 3.63) is 71.7 Å². The van der Waals surface area contributed by atoms with Gasteiger partial charge in [0.2, 0.25) is 0 Å². The van der Waals surface area contributed by atoms with Crippen molar-refractivity contribution in [2.24, 2.45) is 4.99 Å². The molecule has 0 aliphatic carbocycles. The lowest BCUT2D eigenvalue weighted by atomic mass is 10.1. The average Bonchev–Trinajstić information content (AvgIpc) is 3.26.